The fraction of sp³-hybridized carbons (Fsp3) is 1.00. The van der Waals surface area contributed by atoms with Gasteiger partial charge in [0.25, 0.3) is 0 Å². The molecular formula is C11H21NO. The van der Waals surface area contributed by atoms with E-state index in [2.05, 4.69) is 12.2 Å². The molecule has 0 radical (unpaired) electrons. The Kier molecular flexibility index (Phi) is 3.23. The highest BCUT2D eigenvalue weighted by molar-refractivity contribution is 4.83. The fourth-order valence-corrected chi connectivity index (χ4v) is 2.48. The second-order valence-corrected chi connectivity index (χ2v) is 4.54. The molecule has 1 aliphatic carbocycles. The van der Waals surface area contributed by atoms with E-state index >= 15 is 0 Å². The molecule has 2 unspecified atom stereocenters. The van der Waals surface area contributed by atoms with Crippen LogP contribution in [0.2, 0.25) is 0 Å². The van der Waals surface area contributed by atoms with E-state index in [9.17, 15) is 0 Å². The van der Waals surface area contributed by atoms with Crippen LogP contribution in [0.4, 0.5) is 0 Å². The van der Waals surface area contributed by atoms with E-state index in [1.165, 1.54) is 32.1 Å². The van der Waals surface area contributed by atoms with Gasteiger partial charge in [0.15, 0.2) is 0 Å². The number of ether oxygens (including phenoxy) is 1. The van der Waals surface area contributed by atoms with Gasteiger partial charge in [-0.25, -0.2) is 0 Å². The third-order valence-corrected chi connectivity index (χ3v) is 3.47. The standard InChI is InChI=1S/C11H21NO/c1-2-9-4-3-5-10(6-9)12-11-7-13-8-11/h9-12H,2-8H2,1H3. The monoisotopic (exact) mass is 183 g/mol. The number of hydrogen-bond acceptors (Lipinski definition) is 2. The number of hydrogen-bond donors (Lipinski definition) is 1. The Morgan fingerprint density at radius 1 is 1.23 bits per heavy atom. The van der Waals surface area contributed by atoms with Crippen LogP contribution < -0.4 is 5.32 Å². The summed E-state index contributed by atoms with van der Waals surface area (Å²) in [6.45, 7) is 4.19. The van der Waals surface area contributed by atoms with Crippen molar-refractivity contribution >= 4 is 0 Å². The molecule has 1 heterocycles. The van der Waals surface area contributed by atoms with Gasteiger partial charge in [0.1, 0.15) is 0 Å². The molecule has 1 saturated carbocycles. The summed E-state index contributed by atoms with van der Waals surface area (Å²) in [6, 6.07) is 1.45. The lowest BCUT2D eigenvalue weighted by molar-refractivity contribution is -0.0132. The SMILES string of the molecule is CCC1CCCC(NC2COC2)C1. The van der Waals surface area contributed by atoms with Crippen molar-refractivity contribution in [1.29, 1.82) is 0 Å². The maximum Gasteiger partial charge on any atom is 0.0643 e. The molecule has 2 atom stereocenters. The summed E-state index contributed by atoms with van der Waals surface area (Å²) in [5.41, 5.74) is 0. The lowest BCUT2D eigenvalue weighted by Crippen LogP contribution is -2.51. The van der Waals surface area contributed by atoms with Gasteiger partial charge in [0, 0.05) is 6.04 Å². The van der Waals surface area contributed by atoms with Crippen molar-refractivity contribution in [1.82, 2.24) is 5.32 Å². The first-order chi connectivity index (χ1) is 6.38. The molecule has 0 aromatic heterocycles. The Morgan fingerprint density at radius 3 is 2.69 bits per heavy atom. The lowest BCUT2D eigenvalue weighted by atomic mass is 9.84. The quantitative estimate of drug-likeness (QED) is 0.722. The Morgan fingerprint density at radius 2 is 2.08 bits per heavy atom. The predicted molar refractivity (Wildman–Crippen MR) is 53.8 cm³/mol. The molecule has 2 heteroatoms. The van der Waals surface area contributed by atoms with Gasteiger partial charge in [0.2, 0.25) is 0 Å². The van der Waals surface area contributed by atoms with Gasteiger partial charge >= 0.3 is 0 Å². The van der Waals surface area contributed by atoms with Gasteiger partial charge in [-0.3, -0.25) is 0 Å². The molecule has 13 heavy (non-hydrogen) atoms. The molecule has 0 spiro atoms. The first-order valence-corrected chi connectivity index (χ1v) is 5.72. The zero-order chi connectivity index (χ0) is 9.10. The summed E-state index contributed by atoms with van der Waals surface area (Å²) in [5.74, 6) is 0.979. The predicted octanol–water partition coefficient (Wildman–Crippen LogP) is 1.94. The molecule has 1 N–H and O–H groups in total. The molecule has 0 amide bonds. The normalized spacial score (nSPS) is 35.8. The first kappa shape index (κ1) is 9.47. The Labute approximate surface area is 81.0 Å². The molecule has 0 aromatic carbocycles. The van der Waals surface area contributed by atoms with Gasteiger partial charge in [0.05, 0.1) is 19.3 Å². The molecule has 2 aliphatic rings. The molecule has 1 aliphatic heterocycles. The van der Waals surface area contributed by atoms with Crippen LogP contribution in [0.5, 0.6) is 0 Å². The molecule has 2 nitrogen and oxygen atoms in total. The summed E-state index contributed by atoms with van der Waals surface area (Å²) in [7, 11) is 0. The second-order valence-electron chi connectivity index (χ2n) is 4.54. The molecule has 0 aromatic rings. The van der Waals surface area contributed by atoms with Crippen molar-refractivity contribution in [3.63, 3.8) is 0 Å². The van der Waals surface area contributed by atoms with Crippen LogP contribution in [-0.2, 0) is 4.74 Å². The molecular weight excluding hydrogens is 162 g/mol. The first-order valence-electron chi connectivity index (χ1n) is 5.72. The van der Waals surface area contributed by atoms with E-state index in [-0.39, 0.29) is 0 Å². The highest BCUT2D eigenvalue weighted by Crippen LogP contribution is 2.27. The van der Waals surface area contributed by atoms with Crippen molar-refractivity contribution in [2.45, 2.75) is 51.1 Å². The minimum absolute atomic E-state index is 0.667. The van der Waals surface area contributed by atoms with Gasteiger partial charge in [-0.05, 0) is 18.8 Å². The van der Waals surface area contributed by atoms with Crippen LogP contribution in [0, 0.1) is 5.92 Å². The highest BCUT2D eigenvalue weighted by Gasteiger charge is 2.25. The number of nitrogens with one attached hydrogen (secondary N) is 1. The Hall–Kier alpha value is -0.0800. The van der Waals surface area contributed by atoms with Crippen LogP contribution in [0.25, 0.3) is 0 Å². The van der Waals surface area contributed by atoms with Crippen molar-refractivity contribution in [2.75, 3.05) is 13.2 Å². The summed E-state index contributed by atoms with van der Waals surface area (Å²) < 4.78 is 5.17. The van der Waals surface area contributed by atoms with Crippen molar-refractivity contribution in [3.8, 4) is 0 Å². The molecule has 0 bridgehead atoms. The minimum atomic E-state index is 0.667. The van der Waals surface area contributed by atoms with Gasteiger partial charge in [-0.2, -0.15) is 0 Å². The van der Waals surface area contributed by atoms with Gasteiger partial charge in [-0.1, -0.05) is 26.2 Å². The van der Waals surface area contributed by atoms with Crippen LogP contribution >= 0.6 is 0 Å². The maximum absolute atomic E-state index is 5.17. The maximum atomic E-state index is 5.17. The second kappa shape index (κ2) is 4.43. The lowest BCUT2D eigenvalue weighted by Gasteiger charge is -2.35. The van der Waals surface area contributed by atoms with Crippen LogP contribution in [0.3, 0.4) is 0 Å². The average molecular weight is 183 g/mol. The third-order valence-electron chi connectivity index (χ3n) is 3.47. The van der Waals surface area contributed by atoms with Crippen molar-refractivity contribution in [3.05, 3.63) is 0 Å². The zero-order valence-electron chi connectivity index (χ0n) is 8.59. The highest BCUT2D eigenvalue weighted by atomic mass is 16.5. The van der Waals surface area contributed by atoms with E-state index < -0.39 is 0 Å². The van der Waals surface area contributed by atoms with Crippen LogP contribution in [0.1, 0.15) is 39.0 Å². The van der Waals surface area contributed by atoms with E-state index in [0.29, 0.717) is 6.04 Å². The zero-order valence-corrected chi connectivity index (χ0v) is 8.59. The van der Waals surface area contributed by atoms with Gasteiger partial charge in [-0.15, -0.1) is 0 Å². The topological polar surface area (TPSA) is 21.3 Å². The van der Waals surface area contributed by atoms with Crippen LogP contribution in [-0.4, -0.2) is 25.3 Å². The summed E-state index contributed by atoms with van der Waals surface area (Å²) in [4.78, 5) is 0. The van der Waals surface area contributed by atoms with Gasteiger partial charge < -0.3 is 10.1 Å². The summed E-state index contributed by atoms with van der Waals surface area (Å²) in [5, 5.41) is 3.69. The van der Waals surface area contributed by atoms with Crippen molar-refractivity contribution < 1.29 is 4.74 Å². The van der Waals surface area contributed by atoms with E-state index in [1.54, 1.807) is 0 Å². The van der Waals surface area contributed by atoms with E-state index in [1.807, 2.05) is 0 Å². The largest absolute Gasteiger partial charge is 0.378 e. The number of rotatable bonds is 3. The van der Waals surface area contributed by atoms with E-state index in [4.69, 9.17) is 4.74 Å². The fourth-order valence-electron chi connectivity index (χ4n) is 2.48. The smallest absolute Gasteiger partial charge is 0.0643 e. The Balaban J connectivity index is 1.71. The van der Waals surface area contributed by atoms with E-state index in [0.717, 1.165) is 25.2 Å². The molecule has 76 valence electrons. The third kappa shape index (κ3) is 2.44. The average Bonchev–Trinajstić information content (AvgIpc) is 2.12. The Bertz CT molecular complexity index is 154. The minimum Gasteiger partial charge on any atom is -0.378 e. The van der Waals surface area contributed by atoms with Crippen molar-refractivity contribution in [2.24, 2.45) is 5.92 Å². The molecule has 2 fully saturated rings. The molecule has 1 saturated heterocycles. The summed E-state index contributed by atoms with van der Waals surface area (Å²) in [6.07, 6.45) is 7.01. The summed E-state index contributed by atoms with van der Waals surface area (Å²) >= 11 is 0. The molecule has 2 rings (SSSR count). The van der Waals surface area contributed by atoms with Crippen LogP contribution in [0.15, 0.2) is 0 Å².